The van der Waals surface area contributed by atoms with Crippen molar-refractivity contribution in [2.75, 3.05) is 0 Å². The maximum absolute atomic E-state index is 15.1. The number of rotatable bonds is 7. The standard InChI is InChI=1S/C37H27F2N5/c1-36(2,29-18-11-15-28(43-29)26-21-22-27(38)35(40-3)34(26)39)30-19-12-20-33(44-30)37(25-13-5-4-6-14-25,31-16-7-9-23-41-31)32-17-8-10-24-42-32/h4-24H,1-2H3. The van der Waals surface area contributed by atoms with Crippen LogP contribution in [0.25, 0.3) is 16.1 Å². The van der Waals surface area contributed by atoms with Crippen LogP contribution in [0.15, 0.2) is 128 Å². The molecule has 6 aromatic rings. The van der Waals surface area contributed by atoms with Gasteiger partial charge < -0.3 is 0 Å². The van der Waals surface area contributed by atoms with Crippen molar-refractivity contribution in [2.24, 2.45) is 0 Å². The molecule has 5 nitrogen and oxygen atoms in total. The molecule has 4 heterocycles. The van der Waals surface area contributed by atoms with E-state index in [1.165, 1.54) is 6.07 Å². The number of halogens is 2. The third-order valence-electron chi connectivity index (χ3n) is 7.92. The molecule has 4 aromatic heterocycles. The van der Waals surface area contributed by atoms with Gasteiger partial charge in [0.25, 0.3) is 5.69 Å². The van der Waals surface area contributed by atoms with E-state index in [0.717, 1.165) is 34.4 Å². The minimum absolute atomic E-state index is 0.0603. The van der Waals surface area contributed by atoms with Crippen LogP contribution in [0.2, 0.25) is 0 Å². The van der Waals surface area contributed by atoms with Gasteiger partial charge >= 0.3 is 0 Å². The summed E-state index contributed by atoms with van der Waals surface area (Å²) in [6.45, 7) is 11.2. The van der Waals surface area contributed by atoms with Crippen LogP contribution >= 0.6 is 0 Å². The predicted octanol–water partition coefficient (Wildman–Crippen LogP) is 8.47. The maximum Gasteiger partial charge on any atom is 0.257 e. The highest BCUT2D eigenvalue weighted by atomic mass is 19.1. The molecule has 0 saturated carbocycles. The summed E-state index contributed by atoms with van der Waals surface area (Å²) < 4.78 is 29.2. The van der Waals surface area contributed by atoms with Crippen molar-refractivity contribution in [2.45, 2.75) is 24.7 Å². The summed E-state index contributed by atoms with van der Waals surface area (Å²) in [6.07, 6.45) is 3.54. The molecule has 0 aliphatic rings. The van der Waals surface area contributed by atoms with Gasteiger partial charge in [-0.25, -0.2) is 13.6 Å². The number of aromatic nitrogens is 4. The Hall–Kier alpha value is -5.61. The minimum atomic E-state index is -0.932. The number of pyridine rings is 4. The molecule has 0 spiro atoms. The Balaban J connectivity index is 1.54. The largest absolute Gasteiger partial charge is 0.260 e. The smallest absolute Gasteiger partial charge is 0.257 e. The van der Waals surface area contributed by atoms with Crippen LogP contribution in [-0.2, 0) is 10.8 Å². The van der Waals surface area contributed by atoms with E-state index in [0.29, 0.717) is 11.4 Å². The Bertz CT molecular complexity index is 1870. The van der Waals surface area contributed by atoms with E-state index in [1.807, 2.05) is 92.7 Å². The minimum Gasteiger partial charge on any atom is -0.260 e. The van der Waals surface area contributed by atoms with Crippen molar-refractivity contribution in [1.82, 2.24) is 19.9 Å². The topological polar surface area (TPSA) is 55.9 Å². The van der Waals surface area contributed by atoms with Gasteiger partial charge in [-0.15, -0.1) is 0 Å². The zero-order chi connectivity index (χ0) is 30.7. The van der Waals surface area contributed by atoms with E-state index in [-0.39, 0.29) is 5.56 Å². The summed E-state index contributed by atoms with van der Waals surface area (Å²) in [5, 5.41) is 0. The third kappa shape index (κ3) is 4.81. The lowest BCUT2D eigenvalue weighted by Crippen LogP contribution is -2.35. The molecule has 0 aliphatic carbocycles. The van der Waals surface area contributed by atoms with E-state index in [9.17, 15) is 4.39 Å². The molecule has 0 N–H and O–H groups in total. The first-order chi connectivity index (χ1) is 21.4. The Morgan fingerprint density at radius 1 is 0.591 bits per heavy atom. The summed E-state index contributed by atoms with van der Waals surface area (Å²) in [4.78, 5) is 22.8. The molecule has 0 atom stereocenters. The number of benzene rings is 2. The fourth-order valence-corrected chi connectivity index (χ4v) is 5.59. The van der Waals surface area contributed by atoms with Gasteiger partial charge in [0.05, 0.1) is 40.7 Å². The molecule has 0 amide bonds. The van der Waals surface area contributed by atoms with Gasteiger partial charge in [0.2, 0.25) is 0 Å². The van der Waals surface area contributed by atoms with Crippen LogP contribution in [0.1, 0.15) is 47.9 Å². The summed E-state index contributed by atoms with van der Waals surface area (Å²) in [5.74, 6) is -1.83. The SMILES string of the molecule is [C-]#[N+]c1c(F)ccc(-c2cccc(C(C)(C)c3cccc(C(c4ccccc4)(c4ccccn4)c4ccccn4)n3)n2)c1F. The Morgan fingerprint density at radius 3 is 1.77 bits per heavy atom. The lowest BCUT2D eigenvalue weighted by Gasteiger charge is -2.34. The third-order valence-corrected chi connectivity index (χ3v) is 7.92. The maximum atomic E-state index is 15.1. The molecular weight excluding hydrogens is 552 g/mol. The normalized spacial score (nSPS) is 11.6. The summed E-state index contributed by atoms with van der Waals surface area (Å²) >= 11 is 0. The lowest BCUT2D eigenvalue weighted by atomic mass is 9.71. The van der Waals surface area contributed by atoms with E-state index in [2.05, 4.69) is 17.0 Å². The molecule has 0 radical (unpaired) electrons. The summed E-state index contributed by atoms with van der Waals surface area (Å²) in [6, 6.07) is 35.3. The van der Waals surface area contributed by atoms with Gasteiger partial charge in [-0.3, -0.25) is 19.9 Å². The summed E-state index contributed by atoms with van der Waals surface area (Å²) in [5.41, 5.74) is 2.65. The van der Waals surface area contributed by atoms with E-state index in [1.54, 1.807) is 24.5 Å². The van der Waals surface area contributed by atoms with Crippen LogP contribution in [0.3, 0.4) is 0 Å². The van der Waals surface area contributed by atoms with E-state index in [4.69, 9.17) is 26.5 Å². The Labute approximate surface area is 254 Å². The Kier molecular flexibility index (Phi) is 7.50. The predicted molar refractivity (Wildman–Crippen MR) is 166 cm³/mol. The zero-order valence-corrected chi connectivity index (χ0v) is 24.1. The quantitative estimate of drug-likeness (QED) is 0.178. The first-order valence-electron chi connectivity index (χ1n) is 14.1. The molecular formula is C37H27F2N5. The fourth-order valence-electron chi connectivity index (χ4n) is 5.59. The zero-order valence-electron chi connectivity index (χ0n) is 24.1. The van der Waals surface area contributed by atoms with Crippen LogP contribution < -0.4 is 0 Å². The first kappa shape index (κ1) is 28.5. The van der Waals surface area contributed by atoms with Crippen LogP contribution in [0, 0.1) is 18.2 Å². The second-order valence-corrected chi connectivity index (χ2v) is 10.9. The fraction of sp³-hybridized carbons (Fsp3) is 0.108. The van der Waals surface area contributed by atoms with Crippen molar-refractivity contribution in [3.8, 4) is 11.3 Å². The highest BCUT2D eigenvalue weighted by molar-refractivity contribution is 5.67. The molecule has 0 fully saturated rings. The Morgan fingerprint density at radius 2 is 1.16 bits per heavy atom. The van der Waals surface area contributed by atoms with Gasteiger partial charge in [0, 0.05) is 23.4 Å². The van der Waals surface area contributed by atoms with Gasteiger partial charge in [0.15, 0.2) is 0 Å². The highest BCUT2D eigenvalue weighted by Gasteiger charge is 2.43. The lowest BCUT2D eigenvalue weighted by molar-refractivity contribution is 0.577. The molecule has 214 valence electrons. The second kappa shape index (κ2) is 11.6. The molecule has 0 aliphatic heterocycles. The molecule has 0 unspecified atom stereocenters. The van der Waals surface area contributed by atoms with Gasteiger partial charge in [-0.2, -0.15) is 0 Å². The average Bonchev–Trinajstić information content (AvgIpc) is 3.07. The number of hydrogen-bond donors (Lipinski definition) is 0. The van der Waals surface area contributed by atoms with Crippen LogP contribution in [0.4, 0.5) is 14.5 Å². The molecule has 0 bridgehead atoms. The van der Waals surface area contributed by atoms with E-state index < -0.39 is 28.2 Å². The van der Waals surface area contributed by atoms with Crippen molar-refractivity contribution in [3.05, 3.63) is 185 Å². The average molecular weight is 580 g/mol. The van der Waals surface area contributed by atoms with Crippen LogP contribution in [-0.4, -0.2) is 19.9 Å². The van der Waals surface area contributed by atoms with Gasteiger partial charge in [-0.1, -0.05) is 54.6 Å². The molecule has 44 heavy (non-hydrogen) atoms. The van der Waals surface area contributed by atoms with Gasteiger partial charge in [0.1, 0.15) is 17.0 Å². The highest BCUT2D eigenvalue weighted by Crippen LogP contribution is 2.43. The monoisotopic (exact) mass is 579 g/mol. The first-order valence-corrected chi connectivity index (χ1v) is 14.1. The summed E-state index contributed by atoms with van der Waals surface area (Å²) in [7, 11) is 0. The van der Waals surface area contributed by atoms with Crippen molar-refractivity contribution in [3.63, 3.8) is 0 Å². The molecule has 0 saturated heterocycles. The van der Waals surface area contributed by atoms with Gasteiger partial charge in [-0.05, 0) is 80.1 Å². The van der Waals surface area contributed by atoms with Crippen molar-refractivity contribution < 1.29 is 8.78 Å². The molecule has 2 aromatic carbocycles. The number of nitrogens with zero attached hydrogens (tertiary/aromatic N) is 5. The second-order valence-electron chi connectivity index (χ2n) is 10.9. The molecule has 6 rings (SSSR count). The van der Waals surface area contributed by atoms with Crippen LogP contribution in [0.5, 0.6) is 0 Å². The van der Waals surface area contributed by atoms with Crippen molar-refractivity contribution in [1.29, 1.82) is 0 Å². The number of hydrogen-bond acceptors (Lipinski definition) is 4. The van der Waals surface area contributed by atoms with E-state index >= 15 is 4.39 Å². The van der Waals surface area contributed by atoms with Crippen molar-refractivity contribution >= 4 is 5.69 Å². The molecule has 7 heteroatoms.